The van der Waals surface area contributed by atoms with E-state index in [1.807, 2.05) is 13.8 Å². The van der Waals surface area contributed by atoms with E-state index in [0.717, 1.165) is 12.8 Å². The first-order valence-electron chi connectivity index (χ1n) is 4.38. The molecule has 1 saturated carbocycles. The van der Waals surface area contributed by atoms with Gasteiger partial charge in [-0.15, -0.1) is 0 Å². The minimum Gasteiger partial charge on any atom is -0.345 e. The Kier molecular flexibility index (Phi) is 1.64. The van der Waals surface area contributed by atoms with Crippen molar-refractivity contribution in [1.29, 1.82) is 5.26 Å². The fraction of sp³-hybridized carbons (Fsp3) is 0.889. The normalized spacial score (nSPS) is 43.9. The van der Waals surface area contributed by atoms with Gasteiger partial charge in [-0.05, 0) is 26.7 Å². The highest BCUT2D eigenvalue weighted by molar-refractivity contribution is 5.01. The van der Waals surface area contributed by atoms with Crippen LogP contribution in [-0.4, -0.2) is 18.0 Å². The molecular formula is C9H13NO2. The summed E-state index contributed by atoms with van der Waals surface area (Å²) >= 11 is 0. The second kappa shape index (κ2) is 2.45. The highest BCUT2D eigenvalue weighted by Crippen LogP contribution is 2.40. The minimum atomic E-state index is -0.481. The lowest BCUT2D eigenvalue weighted by Gasteiger charge is -2.18. The van der Waals surface area contributed by atoms with Crippen LogP contribution in [0.4, 0.5) is 0 Å². The Morgan fingerprint density at radius 3 is 2.75 bits per heavy atom. The van der Waals surface area contributed by atoms with Crippen molar-refractivity contribution in [1.82, 2.24) is 0 Å². The third-order valence-electron chi connectivity index (χ3n) is 2.55. The SMILES string of the molecule is CC1(C)OC2CCC(C#N)C2O1. The fourth-order valence-corrected chi connectivity index (χ4v) is 2.07. The molecule has 0 N–H and O–H groups in total. The van der Waals surface area contributed by atoms with E-state index in [9.17, 15) is 0 Å². The van der Waals surface area contributed by atoms with E-state index in [1.54, 1.807) is 0 Å². The molecule has 1 aliphatic heterocycles. The molecule has 66 valence electrons. The number of nitrogens with zero attached hydrogens (tertiary/aromatic N) is 1. The van der Waals surface area contributed by atoms with E-state index >= 15 is 0 Å². The molecule has 1 saturated heterocycles. The number of fused-ring (bicyclic) bond motifs is 1. The monoisotopic (exact) mass is 167 g/mol. The Hall–Kier alpha value is -0.590. The van der Waals surface area contributed by atoms with Crippen molar-refractivity contribution in [2.45, 2.75) is 44.7 Å². The molecule has 0 radical (unpaired) electrons. The van der Waals surface area contributed by atoms with Crippen molar-refractivity contribution in [2.24, 2.45) is 5.92 Å². The van der Waals surface area contributed by atoms with Crippen LogP contribution in [0.3, 0.4) is 0 Å². The molecule has 3 nitrogen and oxygen atoms in total. The van der Waals surface area contributed by atoms with E-state index in [4.69, 9.17) is 14.7 Å². The van der Waals surface area contributed by atoms with Crippen molar-refractivity contribution in [3.8, 4) is 6.07 Å². The van der Waals surface area contributed by atoms with Gasteiger partial charge in [0.2, 0.25) is 0 Å². The third-order valence-corrected chi connectivity index (χ3v) is 2.55. The summed E-state index contributed by atoms with van der Waals surface area (Å²) in [6.45, 7) is 3.81. The van der Waals surface area contributed by atoms with Crippen LogP contribution < -0.4 is 0 Å². The van der Waals surface area contributed by atoms with Crippen LogP contribution in [0.15, 0.2) is 0 Å². The van der Waals surface area contributed by atoms with Crippen molar-refractivity contribution in [3.63, 3.8) is 0 Å². The molecular weight excluding hydrogens is 154 g/mol. The predicted octanol–water partition coefficient (Wildman–Crippen LogP) is 1.44. The Bertz CT molecular complexity index is 231. The average molecular weight is 167 g/mol. The maximum atomic E-state index is 8.80. The van der Waals surface area contributed by atoms with Crippen LogP contribution in [0.5, 0.6) is 0 Å². The quantitative estimate of drug-likeness (QED) is 0.548. The largest absolute Gasteiger partial charge is 0.345 e. The Morgan fingerprint density at radius 2 is 2.08 bits per heavy atom. The van der Waals surface area contributed by atoms with Crippen molar-refractivity contribution < 1.29 is 9.47 Å². The number of nitriles is 1. The maximum Gasteiger partial charge on any atom is 0.163 e. The van der Waals surface area contributed by atoms with Gasteiger partial charge in [-0.2, -0.15) is 5.26 Å². The Morgan fingerprint density at radius 1 is 1.33 bits per heavy atom. The molecule has 3 atom stereocenters. The lowest BCUT2D eigenvalue weighted by molar-refractivity contribution is -0.154. The second-order valence-corrected chi connectivity index (χ2v) is 3.95. The van der Waals surface area contributed by atoms with Crippen LogP contribution in [0, 0.1) is 17.2 Å². The summed E-state index contributed by atoms with van der Waals surface area (Å²) in [7, 11) is 0. The van der Waals surface area contributed by atoms with Gasteiger partial charge >= 0.3 is 0 Å². The first-order valence-corrected chi connectivity index (χ1v) is 4.38. The molecule has 1 aliphatic carbocycles. The third kappa shape index (κ3) is 1.12. The van der Waals surface area contributed by atoms with Gasteiger partial charge in [0.15, 0.2) is 5.79 Å². The second-order valence-electron chi connectivity index (χ2n) is 3.95. The highest BCUT2D eigenvalue weighted by atomic mass is 16.8. The predicted molar refractivity (Wildman–Crippen MR) is 42.2 cm³/mol. The summed E-state index contributed by atoms with van der Waals surface area (Å²) in [5, 5.41) is 8.80. The van der Waals surface area contributed by atoms with Gasteiger partial charge in [-0.1, -0.05) is 0 Å². The van der Waals surface area contributed by atoms with E-state index < -0.39 is 5.79 Å². The van der Waals surface area contributed by atoms with Gasteiger partial charge in [0, 0.05) is 0 Å². The highest BCUT2D eigenvalue weighted by Gasteiger charge is 2.48. The molecule has 0 spiro atoms. The number of ether oxygens (including phenoxy) is 2. The first-order chi connectivity index (χ1) is 5.62. The molecule has 0 aromatic carbocycles. The number of hydrogen-bond donors (Lipinski definition) is 0. The zero-order chi connectivity index (χ0) is 8.77. The topological polar surface area (TPSA) is 42.2 Å². The van der Waals surface area contributed by atoms with Gasteiger partial charge in [0.25, 0.3) is 0 Å². The summed E-state index contributed by atoms with van der Waals surface area (Å²) in [6.07, 6.45) is 2.06. The smallest absolute Gasteiger partial charge is 0.163 e. The van der Waals surface area contributed by atoms with Crippen molar-refractivity contribution in [2.75, 3.05) is 0 Å². The molecule has 12 heavy (non-hydrogen) atoms. The van der Waals surface area contributed by atoms with E-state index in [0.29, 0.717) is 0 Å². The zero-order valence-corrected chi connectivity index (χ0v) is 7.41. The Balaban J connectivity index is 2.12. The lowest BCUT2D eigenvalue weighted by atomic mass is 10.1. The molecule has 2 rings (SSSR count). The van der Waals surface area contributed by atoms with Crippen LogP contribution in [0.2, 0.25) is 0 Å². The average Bonchev–Trinajstić information content (AvgIpc) is 2.42. The van der Waals surface area contributed by atoms with Crippen LogP contribution >= 0.6 is 0 Å². The van der Waals surface area contributed by atoms with Crippen LogP contribution in [0.1, 0.15) is 26.7 Å². The first kappa shape index (κ1) is 8.03. The van der Waals surface area contributed by atoms with E-state index in [2.05, 4.69) is 6.07 Å². The van der Waals surface area contributed by atoms with Crippen LogP contribution in [0.25, 0.3) is 0 Å². The van der Waals surface area contributed by atoms with Gasteiger partial charge in [0.05, 0.1) is 18.1 Å². The molecule has 3 heteroatoms. The molecule has 2 aliphatic rings. The lowest BCUT2D eigenvalue weighted by Crippen LogP contribution is -2.24. The fourth-order valence-electron chi connectivity index (χ4n) is 2.07. The summed E-state index contributed by atoms with van der Waals surface area (Å²) in [5.41, 5.74) is 0. The molecule has 3 unspecified atom stereocenters. The minimum absolute atomic E-state index is 0.0185. The Labute approximate surface area is 72.3 Å². The molecule has 0 bridgehead atoms. The van der Waals surface area contributed by atoms with Crippen LogP contribution in [-0.2, 0) is 9.47 Å². The van der Waals surface area contributed by atoms with Gasteiger partial charge in [-0.3, -0.25) is 0 Å². The van der Waals surface area contributed by atoms with Crippen molar-refractivity contribution >= 4 is 0 Å². The summed E-state index contributed by atoms with van der Waals surface area (Å²) in [4.78, 5) is 0. The van der Waals surface area contributed by atoms with Gasteiger partial charge < -0.3 is 9.47 Å². The molecule has 0 aromatic heterocycles. The standard InChI is InChI=1S/C9H13NO2/c1-9(2)11-7-4-3-6(5-10)8(7)12-9/h6-8H,3-4H2,1-2H3. The van der Waals surface area contributed by atoms with Gasteiger partial charge in [-0.25, -0.2) is 0 Å². The maximum absolute atomic E-state index is 8.80. The van der Waals surface area contributed by atoms with Gasteiger partial charge in [0.1, 0.15) is 6.10 Å². The van der Waals surface area contributed by atoms with E-state index in [1.165, 1.54) is 0 Å². The molecule has 0 aromatic rings. The molecule has 2 fully saturated rings. The summed E-state index contributed by atoms with van der Waals surface area (Å²) in [5.74, 6) is -0.443. The number of hydrogen-bond acceptors (Lipinski definition) is 3. The molecule has 0 amide bonds. The zero-order valence-electron chi connectivity index (χ0n) is 7.41. The summed E-state index contributed by atoms with van der Waals surface area (Å²) in [6, 6.07) is 2.27. The molecule has 1 heterocycles. The van der Waals surface area contributed by atoms with Crippen molar-refractivity contribution in [3.05, 3.63) is 0 Å². The number of rotatable bonds is 0. The summed E-state index contributed by atoms with van der Waals surface area (Å²) < 4.78 is 11.3. The van der Waals surface area contributed by atoms with E-state index in [-0.39, 0.29) is 18.1 Å².